The van der Waals surface area contributed by atoms with Crippen molar-refractivity contribution in [1.82, 2.24) is 15.5 Å². The van der Waals surface area contributed by atoms with Crippen molar-refractivity contribution >= 4 is 5.91 Å². The Morgan fingerprint density at radius 3 is 3.11 bits per heavy atom. The maximum atomic E-state index is 11.5. The van der Waals surface area contributed by atoms with Gasteiger partial charge in [-0.1, -0.05) is 12.1 Å². The summed E-state index contributed by atoms with van der Waals surface area (Å²) in [6.07, 6.45) is 3.41. The predicted octanol–water partition coefficient (Wildman–Crippen LogP) is 1.41. The topological polar surface area (TPSA) is 67.0 Å². The second-order valence-electron chi connectivity index (χ2n) is 3.99. The van der Waals surface area contributed by atoms with Crippen molar-refractivity contribution in [2.24, 2.45) is 0 Å². The molecule has 0 spiro atoms. The summed E-state index contributed by atoms with van der Waals surface area (Å²) < 4.78 is 5.38. The van der Waals surface area contributed by atoms with E-state index in [9.17, 15) is 4.79 Å². The zero-order valence-corrected chi connectivity index (χ0v) is 10.1. The summed E-state index contributed by atoms with van der Waals surface area (Å²) in [6.45, 7) is 2.44. The Morgan fingerprint density at radius 1 is 1.50 bits per heavy atom. The monoisotopic (exact) mass is 245 g/mol. The van der Waals surface area contributed by atoms with Gasteiger partial charge in [-0.3, -0.25) is 9.89 Å². The Hall–Kier alpha value is -2.30. The van der Waals surface area contributed by atoms with Gasteiger partial charge in [0.2, 0.25) is 0 Å². The number of aryl methyl sites for hydroxylation is 1. The Morgan fingerprint density at radius 2 is 2.39 bits per heavy atom. The fourth-order valence-corrected chi connectivity index (χ4v) is 1.48. The molecule has 1 heterocycles. The summed E-state index contributed by atoms with van der Waals surface area (Å²) in [5.74, 6) is 0.547. The van der Waals surface area contributed by atoms with Crippen LogP contribution in [0.3, 0.4) is 0 Å². The first kappa shape index (κ1) is 12.2. The number of amides is 1. The molecule has 18 heavy (non-hydrogen) atoms. The minimum Gasteiger partial charge on any atom is -0.484 e. The second kappa shape index (κ2) is 5.86. The highest BCUT2D eigenvalue weighted by Gasteiger charge is 2.03. The maximum absolute atomic E-state index is 11.5. The first-order valence-electron chi connectivity index (χ1n) is 5.68. The van der Waals surface area contributed by atoms with Crippen molar-refractivity contribution in [2.75, 3.05) is 6.61 Å². The molecule has 94 valence electrons. The number of carbonyl (C=O) groups excluding carboxylic acids is 1. The van der Waals surface area contributed by atoms with E-state index in [1.165, 1.54) is 0 Å². The number of aromatic nitrogens is 2. The van der Waals surface area contributed by atoms with E-state index in [0.717, 1.165) is 11.1 Å². The third-order valence-corrected chi connectivity index (χ3v) is 2.40. The van der Waals surface area contributed by atoms with Crippen LogP contribution in [0, 0.1) is 6.92 Å². The van der Waals surface area contributed by atoms with Crippen molar-refractivity contribution in [3.05, 3.63) is 47.8 Å². The predicted molar refractivity (Wildman–Crippen MR) is 67.1 cm³/mol. The number of ether oxygens (including phenoxy) is 1. The van der Waals surface area contributed by atoms with Gasteiger partial charge in [0.15, 0.2) is 6.61 Å². The SMILES string of the molecule is Cc1cccc(OCC(=O)NCc2cn[nH]c2)c1. The standard InChI is InChI=1S/C13H15N3O2/c1-10-3-2-4-12(5-10)18-9-13(17)14-6-11-7-15-16-8-11/h2-5,7-8H,6,9H2,1H3,(H,14,17)(H,15,16). The molecule has 0 aliphatic rings. The molecule has 5 heteroatoms. The Labute approximate surface area is 105 Å². The molecule has 0 saturated heterocycles. The van der Waals surface area contributed by atoms with Crippen molar-refractivity contribution in [2.45, 2.75) is 13.5 Å². The van der Waals surface area contributed by atoms with Crippen LogP contribution in [0.4, 0.5) is 0 Å². The average molecular weight is 245 g/mol. The number of nitrogens with one attached hydrogen (secondary N) is 2. The van der Waals surface area contributed by atoms with E-state index in [-0.39, 0.29) is 12.5 Å². The van der Waals surface area contributed by atoms with Gasteiger partial charge >= 0.3 is 0 Å². The van der Waals surface area contributed by atoms with Gasteiger partial charge in [-0.2, -0.15) is 5.10 Å². The zero-order valence-electron chi connectivity index (χ0n) is 10.1. The van der Waals surface area contributed by atoms with E-state index in [1.807, 2.05) is 31.2 Å². The largest absolute Gasteiger partial charge is 0.484 e. The first-order valence-corrected chi connectivity index (χ1v) is 5.68. The maximum Gasteiger partial charge on any atom is 0.258 e. The number of aromatic amines is 1. The fourth-order valence-electron chi connectivity index (χ4n) is 1.48. The van der Waals surface area contributed by atoms with Gasteiger partial charge in [0.05, 0.1) is 6.20 Å². The van der Waals surface area contributed by atoms with Crippen LogP contribution in [0.2, 0.25) is 0 Å². The number of nitrogens with zero attached hydrogens (tertiary/aromatic N) is 1. The molecule has 5 nitrogen and oxygen atoms in total. The molecule has 2 aromatic rings. The van der Waals surface area contributed by atoms with Gasteiger partial charge in [-0.05, 0) is 24.6 Å². The van der Waals surface area contributed by atoms with Gasteiger partial charge in [0.1, 0.15) is 5.75 Å². The lowest BCUT2D eigenvalue weighted by atomic mass is 10.2. The lowest BCUT2D eigenvalue weighted by molar-refractivity contribution is -0.123. The number of H-pyrrole nitrogens is 1. The Kier molecular flexibility index (Phi) is 3.96. The number of hydrogen-bond donors (Lipinski definition) is 2. The highest BCUT2D eigenvalue weighted by molar-refractivity contribution is 5.77. The first-order chi connectivity index (χ1) is 8.74. The number of hydrogen-bond acceptors (Lipinski definition) is 3. The summed E-state index contributed by atoms with van der Waals surface area (Å²) in [5, 5.41) is 9.23. The van der Waals surface area contributed by atoms with Crippen molar-refractivity contribution < 1.29 is 9.53 Å². The van der Waals surface area contributed by atoms with E-state index in [1.54, 1.807) is 12.4 Å². The molecular formula is C13H15N3O2. The molecule has 1 amide bonds. The van der Waals surface area contributed by atoms with E-state index < -0.39 is 0 Å². The molecule has 0 saturated carbocycles. The Bertz CT molecular complexity index is 509. The quantitative estimate of drug-likeness (QED) is 0.837. The summed E-state index contributed by atoms with van der Waals surface area (Å²) in [4.78, 5) is 11.5. The Balaban J connectivity index is 1.75. The average Bonchev–Trinajstić information content (AvgIpc) is 2.87. The van der Waals surface area contributed by atoms with Gasteiger partial charge in [-0.25, -0.2) is 0 Å². The van der Waals surface area contributed by atoms with Gasteiger partial charge in [-0.15, -0.1) is 0 Å². The third-order valence-electron chi connectivity index (χ3n) is 2.40. The molecule has 0 aliphatic carbocycles. The minimum absolute atomic E-state index is 0.0152. The van der Waals surface area contributed by atoms with Crippen molar-refractivity contribution in [3.8, 4) is 5.75 Å². The molecule has 2 rings (SSSR count). The molecule has 2 N–H and O–H groups in total. The van der Waals surface area contributed by atoms with Crippen LogP contribution in [0.15, 0.2) is 36.7 Å². The van der Waals surface area contributed by atoms with Crippen LogP contribution < -0.4 is 10.1 Å². The van der Waals surface area contributed by atoms with E-state index in [2.05, 4.69) is 15.5 Å². The fraction of sp³-hybridized carbons (Fsp3) is 0.231. The smallest absolute Gasteiger partial charge is 0.258 e. The van der Waals surface area contributed by atoms with Crippen LogP contribution in [0.5, 0.6) is 5.75 Å². The van der Waals surface area contributed by atoms with E-state index in [0.29, 0.717) is 12.3 Å². The summed E-state index contributed by atoms with van der Waals surface area (Å²) in [5.41, 5.74) is 2.03. The summed E-state index contributed by atoms with van der Waals surface area (Å²) >= 11 is 0. The number of rotatable bonds is 5. The van der Waals surface area contributed by atoms with Crippen LogP contribution in [-0.4, -0.2) is 22.7 Å². The van der Waals surface area contributed by atoms with Crippen LogP contribution >= 0.6 is 0 Å². The van der Waals surface area contributed by atoms with Crippen molar-refractivity contribution in [3.63, 3.8) is 0 Å². The molecule has 0 bridgehead atoms. The van der Waals surface area contributed by atoms with Gasteiger partial charge in [0, 0.05) is 18.3 Å². The van der Waals surface area contributed by atoms with E-state index in [4.69, 9.17) is 4.74 Å². The number of benzene rings is 1. The molecule has 0 aliphatic heterocycles. The van der Waals surface area contributed by atoms with Gasteiger partial charge in [0.25, 0.3) is 5.91 Å². The van der Waals surface area contributed by atoms with Gasteiger partial charge < -0.3 is 10.1 Å². The molecule has 0 radical (unpaired) electrons. The normalized spacial score (nSPS) is 10.1. The van der Waals surface area contributed by atoms with Crippen LogP contribution in [-0.2, 0) is 11.3 Å². The zero-order chi connectivity index (χ0) is 12.8. The molecular weight excluding hydrogens is 230 g/mol. The second-order valence-corrected chi connectivity index (χ2v) is 3.99. The third kappa shape index (κ3) is 3.62. The summed E-state index contributed by atoms with van der Waals surface area (Å²) in [7, 11) is 0. The molecule has 0 atom stereocenters. The minimum atomic E-state index is -0.155. The van der Waals surface area contributed by atoms with Crippen molar-refractivity contribution in [1.29, 1.82) is 0 Å². The highest BCUT2D eigenvalue weighted by Crippen LogP contribution is 2.11. The lowest BCUT2D eigenvalue weighted by Crippen LogP contribution is -2.28. The molecule has 0 fully saturated rings. The lowest BCUT2D eigenvalue weighted by Gasteiger charge is -2.07. The van der Waals surface area contributed by atoms with Crippen LogP contribution in [0.1, 0.15) is 11.1 Å². The highest BCUT2D eigenvalue weighted by atomic mass is 16.5. The molecule has 0 unspecified atom stereocenters. The number of carbonyl (C=O) groups is 1. The summed E-state index contributed by atoms with van der Waals surface area (Å²) in [6, 6.07) is 7.60. The molecule has 1 aromatic carbocycles. The molecule has 1 aromatic heterocycles. The van der Waals surface area contributed by atoms with Crippen LogP contribution in [0.25, 0.3) is 0 Å². The van der Waals surface area contributed by atoms with E-state index >= 15 is 0 Å².